The standard InChI is InChI=1S/C24H31ClN4O6S/c1-23(2,3)34-21(30)27-20(28-22(31)35-24(4,5)6)26-15-16-7-11-18(12-8-16)29-36(32,33)19-13-9-17(25)10-14-19/h7-14,29H,15H2,1-6H3,(H2,26,27,28,30,31). The van der Waals surface area contributed by atoms with E-state index in [2.05, 4.69) is 20.3 Å². The number of guanidine groups is 1. The first-order chi connectivity index (χ1) is 16.5. The molecule has 0 atom stereocenters. The van der Waals surface area contributed by atoms with Gasteiger partial charge in [0.15, 0.2) is 0 Å². The van der Waals surface area contributed by atoms with Gasteiger partial charge in [-0.15, -0.1) is 0 Å². The number of alkyl carbamates (subject to hydrolysis) is 2. The smallest absolute Gasteiger partial charge is 0.414 e. The molecule has 36 heavy (non-hydrogen) atoms. The Morgan fingerprint density at radius 2 is 1.31 bits per heavy atom. The fourth-order valence-electron chi connectivity index (χ4n) is 2.59. The van der Waals surface area contributed by atoms with Crippen LogP contribution in [-0.4, -0.2) is 37.8 Å². The molecule has 0 saturated carbocycles. The van der Waals surface area contributed by atoms with Crippen LogP contribution < -0.4 is 15.4 Å². The van der Waals surface area contributed by atoms with Gasteiger partial charge in [-0.25, -0.2) is 23.0 Å². The van der Waals surface area contributed by atoms with E-state index in [1.165, 1.54) is 24.3 Å². The number of hydrogen-bond acceptors (Lipinski definition) is 7. The number of nitrogens with zero attached hydrogens (tertiary/aromatic N) is 1. The Kier molecular flexibility index (Phi) is 9.33. The third-order valence-electron chi connectivity index (χ3n) is 3.99. The summed E-state index contributed by atoms with van der Waals surface area (Å²) in [4.78, 5) is 28.7. The van der Waals surface area contributed by atoms with Crippen molar-refractivity contribution in [3.8, 4) is 0 Å². The van der Waals surface area contributed by atoms with Crippen LogP contribution in [0.4, 0.5) is 15.3 Å². The van der Waals surface area contributed by atoms with E-state index in [-0.39, 0.29) is 17.4 Å². The van der Waals surface area contributed by atoms with Gasteiger partial charge < -0.3 is 9.47 Å². The van der Waals surface area contributed by atoms with E-state index in [4.69, 9.17) is 21.1 Å². The van der Waals surface area contributed by atoms with Gasteiger partial charge in [0.05, 0.1) is 11.4 Å². The predicted octanol–water partition coefficient (Wildman–Crippen LogP) is 5.05. The molecule has 2 amide bonds. The second-order valence-electron chi connectivity index (χ2n) is 9.67. The summed E-state index contributed by atoms with van der Waals surface area (Å²) >= 11 is 5.82. The molecule has 10 nitrogen and oxygen atoms in total. The predicted molar refractivity (Wildman–Crippen MR) is 139 cm³/mol. The summed E-state index contributed by atoms with van der Waals surface area (Å²) in [6.45, 7) is 10.3. The Hall–Kier alpha value is -3.31. The normalized spacial score (nSPS) is 11.8. The van der Waals surface area contributed by atoms with Crippen LogP contribution in [0.1, 0.15) is 47.1 Å². The summed E-state index contributed by atoms with van der Waals surface area (Å²) in [5.41, 5.74) is -0.484. The van der Waals surface area contributed by atoms with Crippen LogP contribution in [0.3, 0.4) is 0 Å². The number of benzene rings is 2. The zero-order valence-electron chi connectivity index (χ0n) is 21.0. The Labute approximate surface area is 216 Å². The Bertz CT molecular complexity index is 1170. The van der Waals surface area contributed by atoms with Gasteiger partial charge in [0.25, 0.3) is 10.0 Å². The van der Waals surface area contributed by atoms with E-state index in [1.54, 1.807) is 65.8 Å². The van der Waals surface area contributed by atoms with E-state index in [0.29, 0.717) is 16.3 Å². The highest BCUT2D eigenvalue weighted by atomic mass is 35.5. The fraction of sp³-hybridized carbons (Fsp3) is 0.375. The average Bonchev–Trinajstić information content (AvgIpc) is 2.70. The number of anilines is 1. The minimum Gasteiger partial charge on any atom is -0.444 e. The lowest BCUT2D eigenvalue weighted by molar-refractivity contribution is 0.0545. The van der Waals surface area contributed by atoms with Crippen LogP contribution in [0.15, 0.2) is 58.4 Å². The van der Waals surface area contributed by atoms with Crippen LogP contribution in [0.25, 0.3) is 0 Å². The molecular weight excluding hydrogens is 508 g/mol. The molecule has 0 unspecified atom stereocenters. The van der Waals surface area contributed by atoms with E-state index in [1.807, 2.05) is 0 Å². The molecule has 0 fully saturated rings. The zero-order chi connectivity index (χ0) is 27.1. The van der Waals surface area contributed by atoms with Crippen LogP contribution >= 0.6 is 11.6 Å². The number of ether oxygens (including phenoxy) is 2. The van der Waals surface area contributed by atoms with Crippen LogP contribution in [0.5, 0.6) is 0 Å². The number of rotatable bonds is 5. The van der Waals surface area contributed by atoms with Gasteiger partial charge >= 0.3 is 12.2 Å². The van der Waals surface area contributed by atoms with Crippen LogP contribution in [-0.2, 0) is 26.0 Å². The van der Waals surface area contributed by atoms with Crippen molar-refractivity contribution < 1.29 is 27.5 Å². The molecule has 0 aromatic heterocycles. The molecule has 0 radical (unpaired) electrons. The maximum Gasteiger partial charge on any atom is 0.414 e. The van der Waals surface area contributed by atoms with Crippen LogP contribution in [0, 0.1) is 0 Å². The van der Waals surface area contributed by atoms with Crippen molar-refractivity contribution in [2.45, 2.75) is 64.2 Å². The topological polar surface area (TPSA) is 135 Å². The highest BCUT2D eigenvalue weighted by molar-refractivity contribution is 7.92. The van der Waals surface area contributed by atoms with E-state index >= 15 is 0 Å². The SMILES string of the molecule is CC(C)(C)OC(=O)NC(=NCc1ccc(NS(=O)(=O)c2ccc(Cl)cc2)cc1)NC(=O)OC(C)(C)C. The zero-order valence-corrected chi connectivity index (χ0v) is 22.6. The van der Waals surface area contributed by atoms with Gasteiger partial charge in [-0.1, -0.05) is 23.7 Å². The van der Waals surface area contributed by atoms with E-state index in [0.717, 1.165) is 0 Å². The molecule has 0 heterocycles. The summed E-state index contributed by atoms with van der Waals surface area (Å²) in [6, 6.07) is 12.2. The van der Waals surface area contributed by atoms with E-state index < -0.39 is 33.4 Å². The van der Waals surface area contributed by atoms with Gasteiger partial charge in [0.2, 0.25) is 5.96 Å². The van der Waals surface area contributed by atoms with Crippen molar-refractivity contribution in [2.75, 3.05) is 4.72 Å². The summed E-state index contributed by atoms with van der Waals surface area (Å²) in [7, 11) is -3.78. The van der Waals surface area contributed by atoms with Crippen molar-refractivity contribution in [2.24, 2.45) is 4.99 Å². The Morgan fingerprint density at radius 1 is 0.833 bits per heavy atom. The monoisotopic (exact) mass is 538 g/mol. The largest absolute Gasteiger partial charge is 0.444 e. The van der Waals surface area contributed by atoms with Crippen molar-refractivity contribution in [1.82, 2.24) is 10.6 Å². The van der Waals surface area contributed by atoms with E-state index in [9.17, 15) is 18.0 Å². The van der Waals surface area contributed by atoms with Gasteiger partial charge in [-0.2, -0.15) is 0 Å². The first-order valence-electron chi connectivity index (χ1n) is 10.9. The van der Waals surface area contributed by atoms with Crippen molar-refractivity contribution >= 4 is 45.5 Å². The fourth-order valence-corrected chi connectivity index (χ4v) is 3.77. The molecule has 12 heteroatoms. The van der Waals surface area contributed by atoms with Crippen molar-refractivity contribution in [3.05, 3.63) is 59.1 Å². The molecule has 2 aromatic rings. The molecule has 196 valence electrons. The maximum absolute atomic E-state index is 12.5. The number of amides is 2. The number of halogens is 1. The first-order valence-corrected chi connectivity index (χ1v) is 12.8. The molecule has 2 rings (SSSR count). The third-order valence-corrected chi connectivity index (χ3v) is 5.64. The minimum atomic E-state index is -3.78. The summed E-state index contributed by atoms with van der Waals surface area (Å²) < 4.78 is 38.0. The lowest BCUT2D eigenvalue weighted by Crippen LogP contribution is -2.47. The second kappa shape index (κ2) is 11.6. The molecule has 0 spiro atoms. The molecule has 0 bridgehead atoms. The number of carbonyl (C=O) groups excluding carboxylic acids is 2. The Morgan fingerprint density at radius 3 is 1.75 bits per heavy atom. The van der Waals surface area contributed by atoms with Gasteiger partial charge in [0.1, 0.15) is 11.2 Å². The summed E-state index contributed by atoms with van der Waals surface area (Å²) in [6.07, 6.45) is -1.60. The lowest BCUT2D eigenvalue weighted by Gasteiger charge is -2.22. The number of carbonyl (C=O) groups is 2. The van der Waals surface area contributed by atoms with Gasteiger partial charge in [0, 0.05) is 10.7 Å². The molecule has 3 N–H and O–H groups in total. The summed E-state index contributed by atoms with van der Waals surface area (Å²) in [5.74, 6) is -0.161. The summed E-state index contributed by atoms with van der Waals surface area (Å²) in [5, 5.41) is 5.23. The molecule has 2 aromatic carbocycles. The number of sulfonamides is 1. The molecule has 0 aliphatic heterocycles. The lowest BCUT2D eigenvalue weighted by atomic mass is 10.2. The van der Waals surface area contributed by atoms with Gasteiger partial charge in [-0.3, -0.25) is 15.4 Å². The number of hydrogen-bond donors (Lipinski definition) is 3. The molecular formula is C24H31ClN4O6S. The van der Waals surface area contributed by atoms with Crippen molar-refractivity contribution in [3.63, 3.8) is 0 Å². The highest BCUT2D eigenvalue weighted by Crippen LogP contribution is 2.19. The Balaban J connectivity index is 2.12. The highest BCUT2D eigenvalue weighted by Gasteiger charge is 2.21. The molecule has 0 aliphatic carbocycles. The second-order valence-corrected chi connectivity index (χ2v) is 11.8. The maximum atomic E-state index is 12.5. The third kappa shape index (κ3) is 10.5. The van der Waals surface area contributed by atoms with Crippen molar-refractivity contribution in [1.29, 1.82) is 0 Å². The van der Waals surface area contributed by atoms with Gasteiger partial charge in [-0.05, 0) is 83.5 Å². The first kappa shape index (κ1) is 28.9. The number of aliphatic imine (C=N–C) groups is 1. The molecule has 0 aliphatic rings. The van der Waals surface area contributed by atoms with Crippen LogP contribution in [0.2, 0.25) is 5.02 Å². The number of nitrogens with one attached hydrogen (secondary N) is 3. The molecule has 0 saturated heterocycles. The minimum absolute atomic E-state index is 0.0607. The quantitative estimate of drug-likeness (QED) is 0.360. The average molecular weight is 539 g/mol.